The smallest absolute Gasteiger partial charge is 0.236 e. The van der Waals surface area contributed by atoms with E-state index >= 15 is 0 Å². The highest BCUT2D eigenvalue weighted by molar-refractivity contribution is 6.38. The third-order valence-corrected chi connectivity index (χ3v) is 2.35. The van der Waals surface area contributed by atoms with Crippen molar-refractivity contribution in [1.29, 1.82) is 0 Å². The largest absolute Gasteiger partial charge is 0.493 e. The summed E-state index contributed by atoms with van der Waals surface area (Å²) < 4.78 is 9.96. The Morgan fingerprint density at radius 2 is 1.69 bits per heavy atom. The number of methoxy groups -OCH3 is 2. The fraction of sp³-hybridized carbons (Fsp3) is 0.375. The normalized spacial score (nSPS) is 9.92. The number of nitrogens with zero attached hydrogens (tertiary/aromatic N) is 1. The molecule has 0 amide bonds. The second-order valence-corrected chi connectivity index (χ2v) is 3.12. The zero-order chi connectivity index (χ0) is 10.0. The molecular weight excluding hydrogens is 213 g/mol. The van der Waals surface area contributed by atoms with Gasteiger partial charge in [0.25, 0.3) is 0 Å². The topological polar surface area (TPSA) is 31.4 Å². The molecule has 0 spiro atoms. The molecule has 72 valence electrons. The number of rotatable bonds is 2. The zero-order valence-corrected chi connectivity index (χ0v) is 9.03. The summed E-state index contributed by atoms with van der Waals surface area (Å²) in [6.45, 7) is 1.75. The minimum absolute atomic E-state index is 0.292. The van der Waals surface area contributed by atoms with Crippen molar-refractivity contribution in [2.45, 2.75) is 6.92 Å². The summed E-state index contributed by atoms with van der Waals surface area (Å²) in [6, 6.07) is 0. The van der Waals surface area contributed by atoms with Crippen LogP contribution in [0.1, 0.15) is 5.69 Å². The quantitative estimate of drug-likeness (QED) is 0.770. The molecule has 0 fully saturated rings. The third kappa shape index (κ3) is 1.81. The van der Waals surface area contributed by atoms with Gasteiger partial charge >= 0.3 is 0 Å². The molecule has 3 nitrogen and oxygen atoms in total. The first-order valence-corrected chi connectivity index (χ1v) is 4.31. The molecule has 0 bridgehead atoms. The SMILES string of the molecule is COc1nc(C)c(Cl)c(OC)c1Cl. The highest BCUT2D eigenvalue weighted by Gasteiger charge is 2.15. The lowest BCUT2D eigenvalue weighted by Gasteiger charge is -2.10. The Morgan fingerprint density at radius 1 is 1.08 bits per heavy atom. The Hall–Kier alpha value is -0.670. The molecule has 0 aliphatic carbocycles. The fourth-order valence-corrected chi connectivity index (χ4v) is 1.48. The first-order chi connectivity index (χ1) is 6.11. The van der Waals surface area contributed by atoms with Gasteiger partial charge in [0.2, 0.25) is 5.88 Å². The molecule has 0 N–H and O–H groups in total. The van der Waals surface area contributed by atoms with Gasteiger partial charge in [-0.25, -0.2) is 4.98 Å². The van der Waals surface area contributed by atoms with Crippen molar-refractivity contribution in [3.05, 3.63) is 15.7 Å². The first-order valence-electron chi connectivity index (χ1n) is 3.55. The first kappa shape index (κ1) is 10.4. The maximum Gasteiger partial charge on any atom is 0.236 e. The van der Waals surface area contributed by atoms with Gasteiger partial charge in [0.15, 0.2) is 5.75 Å². The van der Waals surface area contributed by atoms with E-state index in [0.717, 1.165) is 0 Å². The van der Waals surface area contributed by atoms with Gasteiger partial charge in [0, 0.05) is 0 Å². The van der Waals surface area contributed by atoms with Crippen molar-refractivity contribution in [2.24, 2.45) is 0 Å². The lowest BCUT2D eigenvalue weighted by atomic mass is 10.3. The highest BCUT2D eigenvalue weighted by atomic mass is 35.5. The molecular formula is C8H9Cl2NO2. The van der Waals surface area contributed by atoms with Gasteiger partial charge in [-0.1, -0.05) is 23.2 Å². The van der Waals surface area contributed by atoms with Crippen LogP contribution in [-0.4, -0.2) is 19.2 Å². The lowest BCUT2D eigenvalue weighted by Crippen LogP contribution is -1.96. The van der Waals surface area contributed by atoms with Crippen LogP contribution in [0.2, 0.25) is 10.0 Å². The maximum atomic E-state index is 5.90. The van der Waals surface area contributed by atoms with Gasteiger partial charge < -0.3 is 9.47 Å². The minimum atomic E-state index is 0.292. The predicted octanol–water partition coefficient (Wildman–Crippen LogP) is 2.71. The monoisotopic (exact) mass is 221 g/mol. The fourth-order valence-electron chi connectivity index (χ4n) is 0.923. The molecule has 0 saturated heterocycles. The second-order valence-electron chi connectivity index (χ2n) is 2.37. The van der Waals surface area contributed by atoms with Crippen LogP contribution in [-0.2, 0) is 0 Å². The summed E-state index contributed by atoms with van der Waals surface area (Å²) in [6.07, 6.45) is 0. The molecule has 1 rings (SSSR count). The van der Waals surface area contributed by atoms with E-state index in [0.29, 0.717) is 27.4 Å². The Morgan fingerprint density at radius 3 is 2.15 bits per heavy atom. The number of aromatic nitrogens is 1. The Labute approximate surface area is 86.6 Å². The van der Waals surface area contributed by atoms with Crippen LogP contribution in [0.3, 0.4) is 0 Å². The van der Waals surface area contributed by atoms with E-state index in [9.17, 15) is 0 Å². The number of aryl methyl sites for hydroxylation is 1. The van der Waals surface area contributed by atoms with Gasteiger partial charge in [-0.15, -0.1) is 0 Å². The van der Waals surface area contributed by atoms with Gasteiger partial charge in [0.05, 0.1) is 19.9 Å². The molecule has 5 heteroatoms. The summed E-state index contributed by atoms with van der Waals surface area (Å²) in [7, 11) is 2.98. The van der Waals surface area contributed by atoms with Crippen LogP contribution in [0, 0.1) is 6.92 Å². The van der Waals surface area contributed by atoms with Gasteiger partial charge in [0.1, 0.15) is 10.0 Å². The van der Waals surface area contributed by atoms with Crippen molar-refractivity contribution >= 4 is 23.2 Å². The van der Waals surface area contributed by atoms with Gasteiger partial charge in [-0.3, -0.25) is 0 Å². The standard InChI is InChI=1S/C8H9Cl2NO2/c1-4-5(9)7(12-2)6(10)8(11-4)13-3/h1-3H3. The van der Waals surface area contributed by atoms with E-state index < -0.39 is 0 Å². The van der Waals surface area contributed by atoms with E-state index in [1.807, 2.05) is 0 Å². The molecule has 0 aromatic carbocycles. The second kappa shape index (κ2) is 4.03. The van der Waals surface area contributed by atoms with Crippen molar-refractivity contribution in [3.63, 3.8) is 0 Å². The summed E-state index contributed by atoms with van der Waals surface area (Å²) in [4.78, 5) is 4.03. The van der Waals surface area contributed by atoms with Crippen LogP contribution < -0.4 is 9.47 Å². The summed E-state index contributed by atoms with van der Waals surface area (Å²) in [5.74, 6) is 0.716. The lowest BCUT2D eigenvalue weighted by molar-refractivity contribution is 0.381. The van der Waals surface area contributed by atoms with Crippen molar-refractivity contribution in [3.8, 4) is 11.6 Å². The number of halogens is 2. The average Bonchev–Trinajstić information content (AvgIpc) is 2.12. The molecule has 1 aromatic heterocycles. The van der Waals surface area contributed by atoms with E-state index in [1.54, 1.807) is 6.92 Å². The van der Waals surface area contributed by atoms with Gasteiger partial charge in [-0.05, 0) is 6.92 Å². The summed E-state index contributed by atoms with van der Waals surface area (Å²) in [5.41, 5.74) is 0.625. The number of ether oxygens (including phenoxy) is 2. The molecule has 0 aliphatic heterocycles. The molecule has 0 radical (unpaired) electrons. The Bertz CT molecular complexity index is 328. The van der Waals surface area contributed by atoms with Gasteiger partial charge in [-0.2, -0.15) is 0 Å². The van der Waals surface area contributed by atoms with E-state index in [2.05, 4.69) is 4.98 Å². The van der Waals surface area contributed by atoms with E-state index in [4.69, 9.17) is 32.7 Å². The van der Waals surface area contributed by atoms with Crippen LogP contribution in [0.25, 0.3) is 0 Å². The third-order valence-electron chi connectivity index (χ3n) is 1.57. The number of pyridine rings is 1. The molecule has 0 atom stereocenters. The van der Waals surface area contributed by atoms with Crippen LogP contribution >= 0.6 is 23.2 Å². The molecule has 0 saturated carbocycles. The van der Waals surface area contributed by atoms with Crippen LogP contribution in [0.15, 0.2) is 0 Å². The number of hydrogen-bond donors (Lipinski definition) is 0. The van der Waals surface area contributed by atoms with E-state index in [1.165, 1.54) is 14.2 Å². The molecule has 0 aliphatic rings. The summed E-state index contributed by atoms with van der Waals surface area (Å²) in [5, 5.41) is 0.703. The summed E-state index contributed by atoms with van der Waals surface area (Å²) >= 11 is 11.8. The molecule has 1 heterocycles. The average molecular weight is 222 g/mol. The number of hydrogen-bond acceptors (Lipinski definition) is 3. The Kier molecular flexibility index (Phi) is 3.22. The van der Waals surface area contributed by atoms with E-state index in [-0.39, 0.29) is 0 Å². The van der Waals surface area contributed by atoms with Crippen LogP contribution in [0.4, 0.5) is 0 Å². The molecule has 13 heavy (non-hydrogen) atoms. The van der Waals surface area contributed by atoms with Crippen molar-refractivity contribution in [1.82, 2.24) is 4.98 Å². The van der Waals surface area contributed by atoms with Crippen molar-refractivity contribution in [2.75, 3.05) is 14.2 Å². The predicted molar refractivity (Wildman–Crippen MR) is 52.1 cm³/mol. The maximum absolute atomic E-state index is 5.90. The molecule has 0 unspecified atom stereocenters. The van der Waals surface area contributed by atoms with Crippen LogP contribution in [0.5, 0.6) is 11.6 Å². The minimum Gasteiger partial charge on any atom is -0.493 e. The highest BCUT2D eigenvalue weighted by Crippen LogP contribution is 2.39. The Balaban J connectivity index is 3.39. The van der Waals surface area contributed by atoms with Crippen molar-refractivity contribution < 1.29 is 9.47 Å². The molecule has 1 aromatic rings. The zero-order valence-electron chi connectivity index (χ0n) is 7.52.